The number of hydrogen-bond acceptors (Lipinski definition) is 3. The van der Waals surface area contributed by atoms with Crippen LogP contribution in [0, 0.1) is 16.7 Å². The van der Waals surface area contributed by atoms with Gasteiger partial charge in [0.25, 0.3) is 0 Å². The van der Waals surface area contributed by atoms with Gasteiger partial charge in [-0.3, -0.25) is 4.79 Å². The maximum Gasteiger partial charge on any atom is 0.248 e. The highest BCUT2D eigenvalue weighted by Gasteiger charge is 2.15. The molecule has 0 saturated heterocycles. The zero-order valence-corrected chi connectivity index (χ0v) is 10.8. The standard InChI is InChI=1S/C14H18N2O2/c1-14(2,10-15)8-3-9-18-12-6-4-11(5-7-12)13(16)17/h4-7H,3,8-9H2,1-2H3,(H2,16,17). The molecule has 0 fully saturated rings. The van der Waals surface area contributed by atoms with Crippen LogP contribution in [-0.4, -0.2) is 12.5 Å². The van der Waals surface area contributed by atoms with Crippen molar-refractivity contribution >= 4 is 5.91 Å². The van der Waals surface area contributed by atoms with Gasteiger partial charge in [0, 0.05) is 5.56 Å². The Morgan fingerprint density at radius 3 is 2.50 bits per heavy atom. The summed E-state index contributed by atoms with van der Waals surface area (Å²) in [5.74, 6) is 0.257. The van der Waals surface area contributed by atoms with Gasteiger partial charge in [0.05, 0.1) is 18.1 Å². The van der Waals surface area contributed by atoms with Crippen LogP contribution in [0.25, 0.3) is 0 Å². The van der Waals surface area contributed by atoms with E-state index in [4.69, 9.17) is 15.7 Å². The van der Waals surface area contributed by atoms with Crippen LogP contribution in [0.4, 0.5) is 0 Å². The zero-order valence-electron chi connectivity index (χ0n) is 10.8. The second kappa shape index (κ2) is 6.06. The van der Waals surface area contributed by atoms with Crippen molar-refractivity contribution in [1.82, 2.24) is 0 Å². The summed E-state index contributed by atoms with van der Waals surface area (Å²) >= 11 is 0. The van der Waals surface area contributed by atoms with E-state index in [9.17, 15) is 4.79 Å². The Balaban J connectivity index is 2.37. The molecule has 0 saturated carbocycles. The minimum absolute atomic E-state index is 0.306. The summed E-state index contributed by atoms with van der Waals surface area (Å²) in [4.78, 5) is 10.9. The largest absolute Gasteiger partial charge is 0.494 e. The summed E-state index contributed by atoms with van der Waals surface area (Å²) in [5.41, 5.74) is 5.30. The molecule has 0 spiro atoms. The van der Waals surface area contributed by atoms with E-state index in [0.29, 0.717) is 17.9 Å². The number of carbonyl (C=O) groups is 1. The van der Waals surface area contributed by atoms with Gasteiger partial charge >= 0.3 is 0 Å². The summed E-state index contributed by atoms with van der Waals surface area (Å²) in [6, 6.07) is 8.96. The Labute approximate surface area is 107 Å². The second-order valence-corrected chi connectivity index (χ2v) is 4.84. The molecule has 0 radical (unpaired) electrons. The van der Waals surface area contributed by atoms with Gasteiger partial charge in [-0.25, -0.2) is 0 Å². The van der Waals surface area contributed by atoms with Gasteiger partial charge in [0.1, 0.15) is 5.75 Å². The van der Waals surface area contributed by atoms with Gasteiger partial charge in [0.2, 0.25) is 5.91 Å². The van der Waals surface area contributed by atoms with Crippen molar-refractivity contribution in [2.24, 2.45) is 11.1 Å². The highest BCUT2D eigenvalue weighted by atomic mass is 16.5. The van der Waals surface area contributed by atoms with Crippen molar-refractivity contribution < 1.29 is 9.53 Å². The highest BCUT2D eigenvalue weighted by Crippen LogP contribution is 2.21. The number of hydrogen-bond donors (Lipinski definition) is 1. The van der Waals surface area contributed by atoms with E-state index in [2.05, 4.69) is 6.07 Å². The maximum atomic E-state index is 10.9. The first kappa shape index (κ1) is 14.0. The number of nitrogens with zero attached hydrogens (tertiary/aromatic N) is 1. The number of primary amides is 1. The first-order chi connectivity index (χ1) is 8.44. The number of carbonyl (C=O) groups excluding carboxylic acids is 1. The lowest BCUT2D eigenvalue weighted by Gasteiger charge is -2.14. The van der Waals surface area contributed by atoms with Gasteiger partial charge in [-0.15, -0.1) is 0 Å². The molecule has 4 nitrogen and oxygen atoms in total. The van der Waals surface area contributed by atoms with E-state index in [-0.39, 0.29) is 5.41 Å². The third-order valence-electron chi connectivity index (χ3n) is 2.66. The molecular weight excluding hydrogens is 228 g/mol. The molecule has 0 atom stereocenters. The molecule has 2 N–H and O–H groups in total. The van der Waals surface area contributed by atoms with Crippen LogP contribution in [0.15, 0.2) is 24.3 Å². The van der Waals surface area contributed by atoms with E-state index in [0.717, 1.165) is 12.8 Å². The third-order valence-corrected chi connectivity index (χ3v) is 2.66. The Morgan fingerprint density at radius 2 is 2.00 bits per heavy atom. The average Bonchev–Trinajstić information content (AvgIpc) is 2.35. The highest BCUT2D eigenvalue weighted by molar-refractivity contribution is 5.92. The molecule has 0 heterocycles. The molecular formula is C14H18N2O2. The predicted octanol–water partition coefficient (Wildman–Crippen LogP) is 2.49. The Hall–Kier alpha value is -2.02. The molecule has 0 aliphatic carbocycles. The van der Waals surface area contributed by atoms with Crippen LogP contribution in [0.3, 0.4) is 0 Å². The smallest absolute Gasteiger partial charge is 0.248 e. The average molecular weight is 246 g/mol. The normalized spacial score (nSPS) is 10.7. The molecule has 1 aromatic rings. The van der Waals surface area contributed by atoms with Crippen molar-refractivity contribution in [3.63, 3.8) is 0 Å². The Morgan fingerprint density at radius 1 is 1.39 bits per heavy atom. The molecule has 18 heavy (non-hydrogen) atoms. The number of nitrogens with two attached hydrogens (primary N) is 1. The first-order valence-corrected chi connectivity index (χ1v) is 5.88. The number of amides is 1. The summed E-state index contributed by atoms with van der Waals surface area (Å²) < 4.78 is 5.52. The molecule has 0 aromatic heterocycles. The van der Waals surface area contributed by atoms with E-state index in [1.54, 1.807) is 24.3 Å². The number of rotatable bonds is 6. The second-order valence-electron chi connectivity index (χ2n) is 4.84. The van der Waals surface area contributed by atoms with Crippen molar-refractivity contribution in [3.05, 3.63) is 29.8 Å². The molecule has 4 heteroatoms. The van der Waals surface area contributed by atoms with E-state index in [1.807, 2.05) is 13.8 Å². The molecule has 1 amide bonds. The van der Waals surface area contributed by atoms with E-state index >= 15 is 0 Å². The summed E-state index contributed by atoms with van der Waals surface area (Å²) in [5, 5.41) is 8.86. The SMILES string of the molecule is CC(C)(C#N)CCCOc1ccc(C(N)=O)cc1. The Bertz CT molecular complexity index is 444. The predicted molar refractivity (Wildman–Crippen MR) is 69.1 cm³/mol. The monoisotopic (exact) mass is 246 g/mol. The van der Waals surface area contributed by atoms with Crippen molar-refractivity contribution in [3.8, 4) is 11.8 Å². The quantitative estimate of drug-likeness (QED) is 0.783. The van der Waals surface area contributed by atoms with Crippen LogP contribution in [0.1, 0.15) is 37.0 Å². The molecule has 0 unspecified atom stereocenters. The fraction of sp³-hybridized carbons (Fsp3) is 0.429. The van der Waals surface area contributed by atoms with Crippen LogP contribution >= 0.6 is 0 Å². The van der Waals surface area contributed by atoms with Crippen molar-refractivity contribution in [1.29, 1.82) is 5.26 Å². The number of ether oxygens (including phenoxy) is 1. The maximum absolute atomic E-state index is 10.9. The topological polar surface area (TPSA) is 76.1 Å². The molecule has 0 aliphatic rings. The van der Waals surface area contributed by atoms with Crippen LogP contribution < -0.4 is 10.5 Å². The third kappa shape index (κ3) is 4.46. The first-order valence-electron chi connectivity index (χ1n) is 5.88. The lowest BCUT2D eigenvalue weighted by Crippen LogP contribution is -2.11. The van der Waals surface area contributed by atoms with Crippen LogP contribution in [0.5, 0.6) is 5.75 Å². The van der Waals surface area contributed by atoms with Crippen LogP contribution in [0.2, 0.25) is 0 Å². The minimum atomic E-state index is -0.447. The van der Waals surface area contributed by atoms with Gasteiger partial charge in [0.15, 0.2) is 0 Å². The van der Waals surface area contributed by atoms with Crippen molar-refractivity contribution in [2.75, 3.05) is 6.61 Å². The minimum Gasteiger partial charge on any atom is -0.494 e. The van der Waals surface area contributed by atoms with Gasteiger partial charge < -0.3 is 10.5 Å². The Kier molecular flexibility index (Phi) is 4.73. The zero-order chi connectivity index (χ0) is 13.6. The number of benzene rings is 1. The summed E-state index contributed by atoms with van der Waals surface area (Å²) in [6.07, 6.45) is 1.61. The summed E-state index contributed by atoms with van der Waals surface area (Å²) in [6.45, 7) is 4.38. The fourth-order valence-corrected chi connectivity index (χ4v) is 1.48. The van der Waals surface area contributed by atoms with E-state index in [1.165, 1.54) is 0 Å². The molecule has 0 bridgehead atoms. The van der Waals surface area contributed by atoms with Gasteiger partial charge in [-0.2, -0.15) is 5.26 Å². The van der Waals surface area contributed by atoms with Crippen molar-refractivity contribution in [2.45, 2.75) is 26.7 Å². The fourth-order valence-electron chi connectivity index (χ4n) is 1.48. The lowest BCUT2D eigenvalue weighted by atomic mass is 9.90. The van der Waals surface area contributed by atoms with E-state index < -0.39 is 5.91 Å². The van der Waals surface area contributed by atoms with Crippen LogP contribution in [-0.2, 0) is 0 Å². The molecule has 96 valence electrons. The molecule has 1 aromatic carbocycles. The summed E-state index contributed by atoms with van der Waals surface area (Å²) in [7, 11) is 0. The number of nitriles is 1. The van der Waals surface area contributed by atoms with Gasteiger partial charge in [-0.05, 0) is 51.0 Å². The molecule has 1 rings (SSSR count). The lowest BCUT2D eigenvalue weighted by molar-refractivity contribution is 0.100. The van der Waals surface area contributed by atoms with Gasteiger partial charge in [-0.1, -0.05) is 0 Å². The molecule has 0 aliphatic heterocycles.